The monoisotopic (exact) mass is 418 g/mol. The molecule has 3 N–H and O–H groups in total. The van der Waals surface area contributed by atoms with E-state index in [-0.39, 0.29) is 10.7 Å². The first-order chi connectivity index (χ1) is 13.8. The number of benzene rings is 2. The minimum atomic E-state index is -3.98. The van der Waals surface area contributed by atoms with Crippen molar-refractivity contribution in [1.29, 1.82) is 0 Å². The normalized spacial score (nSPS) is 11.1. The maximum Gasteiger partial charge on any atom is 0.278 e. The molecule has 0 saturated heterocycles. The van der Waals surface area contributed by atoms with E-state index in [9.17, 15) is 17.6 Å². The van der Waals surface area contributed by atoms with Crippen molar-refractivity contribution in [2.75, 3.05) is 16.6 Å². The van der Waals surface area contributed by atoms with Gasteiger partial charge in [-0.3, -0.25) is 14.6 Å². The molecule has 3 aromatic rings. The topological polar surface area (TPSA) is 113 Å². The van der Waals surface area contributed by atoms with Crippen LogP contribution in [0.3, 0.4) is 0 Å². The quantitative estimate of drug-likeness (QED) is 0.545. The maximum absolute atomic E-state index is 13.2. The minimum Gasteiger partial charge on any atom is -0.494 e. The number of carbonyl (C=O) groups excluding carboxylic acids is 1. The number of anilines is 2. The Morgan fingerprint density at radius 3 is 2.55 bits per heavy atom. The Kier molecular flexibility index (Phi) is 5.83. The summed E-state index contributed by atoms with van der Waals surface area (Å²) in [5.74, 6) is -0.431. The van der Waals surface area contributed by atoms with Gasteiger partial charge in [-0.15, -0.1) is 0 Å². The van der Waals surface area contributed by atoms with Crippen molar-refractivity contribution in [3.63, 3.8) is 0 Å². The lowest BCUT2D eigenvalue weighted by molar-refractivity contribution is 0.102. The van der Waals surface area contributed by atoms with Crippen LogP contribution in [-0.2, 0) is 10.0 Å². The first kappa shape index (κ1) is 20.3. The number of aryl methyl sites for hydroxylation is 1. The molecule has 0 fully saturated rings. The van der Waals surface area contributed by atoms with Crippen LogP contribution in [0.25, 0.3) is 0 Å². The standard InChI is InChI=1S/C19H19FN4O4S/c1-3-28-15-7-5-14(6-8-15)24-29(26,27)18-11-17(22-23-18)19(25)21-16-9-4-13(20)10-12(16)2/h4-11,24H,3H2,1-2H3,(H,21,25)(H,22,23). The number of H-pyrrole nitrogens is 1. The molecule has 0 bridgehead atoms. The van der Waals surface area contributed by atoms with E-state index in [1.165, 1.54) is 18.2 Å². The third-order valence-corrected chi connectivity index (χ3v) is 5.22. The highest BCUT2D eigenvalue weighted by atomic mass is 32.2. The average Bonchev–Trinajstić information content (AvgIpc) is 3.17. The van der Waals surface area contributed by atoms with Crippen molar-refractivity contribution in [1.82, 2.24) is 10.2 Å². The molecule has 0 unspecified atom stereocenters. The summed E-state index contributed by atoms with van der Waals surface area (Å²) in [4.78, 5) is 12.3. The fourth-order valence-electron chi connectivity index (χ4n) is 2.51. The summed E-state index contributed by atoms with van der Waals surface area (Å²) in [7, 11) is -3.98. The highest BCUT2D eigenvalue weighted by Crippen LogP contribution is 2.20. The summed E-state index contributed by atoms with van der Waals surface area (Å²) in [6.07, 6.45) is 0. The fourth-order valence-corrected chi connectivity index (χ4v) is 3.50. The number of rotatable bonds is 7. The van der Waals surface area contributed by atoms with Gasteiger partial charge in [0.05, 0.1) is 6.61 Å². The first-order valence-electron chi connectivity index (χ1n) is 8.67. The van der Waals surface area contributed by atoms with Gasteiger partial charge < -0.3 is 10.1 Å². The molecule has 1 heterocycles. The summed E-state index contributed by atoms with van der Waals surface area (Å²) in [5.41, 5.74) is 1.13. The van der Waals surface area contributed by atoms with E-state index in [0.717, 1.165) is 6.07 Å². The summed E-state index contributed by atoms with van der Waals surface area (Å²) in [6.45, 7) is 3.99. The van der Waals surface area contributed by atoms with Gasteiger partial charge in [0.2, 0.25) is 0 Å². The Hall–Kier alpha value is -3.40. The number of ether oxygens (including phenoxy) is 1. The fraction of sp³-hybridized carbons (Fsp3) is 0.158. The number of aromatic nitrogens is 2. The Balaban J connectivity index is 1.72. The molecule has 0 spiro atoms. The summed E-state index contributed by atoms with van der Waals surface area (Å²) >= 11 is 0. The molecule has 0 radical (unpaired) electrons. The molecule has 8 nitrogen and oxygen atoms in total. The highest BCUT2D eigenvalue weighted by molar-refractivity contribution is 7.92. The SMILES string of the molecule is CCOc1ccc(NS(=O)(=O)c2cc(C(=O)Nc3ccc(F)cc3C)n[nH]2)cc1. The molecule has 0 atom stereocenters. The van der Waals surface area contributed by atoms with E-state index in [1.54, 1.807) is 31.2 Å². The molecule has 1 amide bonds. The number of hydrogen-bond acceptors (Lipinski definition) is 5. The molecule has 0 aliphatic rings. The number of aromatic amines is 1. The van der Waals surface area contributed by atoms with Crippen LogP contribution in [0, 0.1) is 12.7 Å². The van der Waals surface area contributed by atoms with Crippen LogP contribution < -0.4 is 14.8 Å². The van der Waals surface area contributed by atoms with Crippen LogP contribution in [0.5, 0.6) is 5.75 Å². The summed E-state index contributed by atoms with van der Waals surface area (Å²) in [6, 6.07) is 11.4. The summed E-state index contributed by atoms with van der Waals surface area (Å²) in [5, 5.41) is 8.40. The third-order valence-electron chi connectivity index (χ3n) is 3.93. The van der Waals surface area contributed by atoms with Crippen molar-refractivity contribution in [2.24, 2.45) is 0 Å². The average molecular weight is 418 g/mol. The van der Waals surface area contributed by atoms with Gasteiger partial charge in [0, 0.05) is 17.4 Å². The largest absolute Gasteiger partial charge is 0.494 e. The number of halogens is 1. The zero-order chi connectivity index (χ0) is 21.0. The van der Waals surface area contributed by atoms with Crippen LogP contribution in [0.1, 0.15) is 23.0 Å². The number of amides is 1. The van der Waals surface area contributed by atoms with Gasteiger partial charge in [-0.05, 0) is 61.9 Å². The summed E-state index contributed by atoms with van der Waals surface area (Å²) < 4.78 is 45.9. The van der Waals surface area contributed by atoms with Crippen LogP contribution in [-0.4, -0.2) is 31.1 Å². The van der Waals surface area contributed by atoms with Gasteiger partial charge in [0.15, 0.2) is 10.7 Å². The zero-order valence-corrected chi connectivity index (χ0v) is 16.5. The molecule has 29 heavy (non-hydrogen) atoms. The van der Waals surface area contributed by atoms with E-state index in [4.69, 9.17) is 4.74 Å². The Bertz CT molecular complexity index is 1130. The molecule has 0 aliphatic carbocycles. The Morgan fingerprint density at radius 2 is 1.90 bits per heavy atom. The zero-order valence-electron chi connectivity index (χ0n) is 15.7. The molecular formula is C19H19FN4O4S. The second kappa shape index (κ2) is 8.31. The van der Waals surface area contributed by atoms with E-state index in [2.05, 4.69) is 20.2 Å². The van der Waals surface area contributed by atoms with Crippen LogP contribution in [0.15, 0.2) is 53.6 Å². The number of hydrogen-bond donors (Lipinski definition) is 3. The van der Waals surface area contributed by atoms with E-state index < -0.39 is 21.7 Å². The Labute approximate surface area is 167 Å². The molecule has 152 valence electrons. The highest BCUT2D eigenvalue weighted by Gasteiger charge is 2.20. The predicted molar refractivity (Wildman–Crippen MR) is 106 cm³/mol. The van der Waals surface area contributed by atoms with Crippen LogP contribution in [0.4, 0.5) is 15.8 Å². The lowest BCUT2D eigenvalue weighted by Gasteiger charge is -2.07. The number of carbonyl (C=O) groups is 1. The van der Waals surface area contributed by atoms with Gasteiger partial charge in [-0.2, -0.15) is 13.5 Å². The van der Waals surface area contributed by atoms with E-state index in [1.807, 2.05) is 6.92 Å². The van der Waals surface area contributed by atoms with Crippen molar-refractivity contribution in [3.8, 4) is 5.75 Å². The van der Waals surface area contributed by atoms with Crippen LogP contribution in [0.2, 0.25) is 0 Å². The van der Waals surface area contributed by atoms with E-state index >= 15 is 0 Å². The lowest BCUT2D eigenvalue weighted by Crippen LogP contribution is -2.14. The predicted octanol–water partition coefficient (Wildman–Crippen LogP) is 3.31. The third kappa shape index (κ3) is 4.91. The van der Waals surface area contributed by atoms with Crippen molar-refractivity contribution < 1.29 is 22.3 Å². The van der Waals surface area contributed by atoms with Crippen molar-refractivity contribution >= 4 is 27.3 Å². The van der Waals surface area contributed by atoms with Gasteiger partial charge in [0.1, 0.15) is 11.6 Å². The van der Waals surface area contributed by atoms with Crippen molar-refractivity contribution in [2.45, 2.75) is 18.9 Å². The van der Waals surface area contributed by atoms with Crippen LogP contribution >= 0.6 is 0 Å². The van der Waals surface area contributed by atoms with Gasteiger partial charge in [0.25, 0.3) is 15.9 Å². The van der Waals surface area contributed by atoms with Crippen molar-refractivity contribution in [3.05, 3.63) is 65.6 Å². The lowest BCUT2D eigenvalue weighted by atomic mass is 10.2. The molecule has 0 saturated carbocycles. The first-order valence-corrected chi connectivity index (χ1v) is 10.2. The molecule has 2 aromatic carbocycles. The number of sulfonamides is 1. The molecule has 0 aliphatic heterocycles. The molecule has 1 aromatic heterocycles. The smallest absolute Gasteiger partial charge is 0.278 e. The second-order valence-electron chi connectivity index (χ2n) is 6.09. The molecule has 3 rings (SSSR count). The molecule has 10 heteroatoms. The van der Waals surface area contributed by atoms with Gasteiger partial charge >= 0.3 is 0 Å². The van der Waals surface area contributed by atoms with E-state index in [0.29, 0.717) is 29.3 Å². The van der Waals surface area contributed by atoms with Gasteiger partial charge in [-0.25, -0.2) is 4.39 Å². The van der Waals surface area contributed by atoms with Gasteiger partial charge in [-0.1, -0.05) is 0 Å². The molecular weight excluding hydrogens is 399 g/mol. The maximum atomic E-state index is 13.2. The Morgan fingerprint density at radius 1 is 1.17 bits per heavy atom. The minimum absolute atomic E-state index is 0.124. The number of nitrogens with one attached hydrogen (secondary N) is 3. The number of nitrogens with zero attached hydrogens (tertiary/aromatic N) is 1. The second-order valence-corrected chi connectivity index (χ2v) is 7.74.